The Morgan fingerprint density at radius 3 is 2.73 bits per heavy atom. The zero-order chi connectivity index (χ0) is 15.5. The highest BCUT2D eigenvalue weighted by molar-refractivity contribution is 5.81. The van der Waals surface area contributed by atoms with Gasteiger partial charge in [0.25, 0.3) is 5.91 Å². The minimum Gasteiger partial charge on any atom is -0.496 e. The van der Waals surface area contributed by atoms with Crippen molar-refractivity contribution >= 4 is 5.91 Å². The second-order valence-corrected chi connectivity index (χ2v) is 5.37. The van der Waals surface area contributed by atoms with Crippen LogP contribution < -0.4 is 9.47 Å². The summed E-state index contributed by atoms with van der Waals surface area (Å²) in [6, 6.07) is 15.6. The lowest BCUT2D eigenvalue weighted by Gasteiger charge is -2.23. The minimum atomic E-state index is -0.488. The molecule has 0 fully saturated rings. The van der Waals surface area contributed by atoms with E-state index in [0.29, 0.717) is 13.1 Å². The molecule has 0 radical (unpaired) electrons. The maximum atomic E-state index is 12.6. The van der Waals surface area contributed by atoms with Crippen LogP contribution in [0.1, 0.15) is 18.1 Å². The highest BCUT2D eigenvalue weighted by Gasteiger charge is 2.28. The number of rotatable bonds is 3. The van der Waals surface area contributed by atoms with Crippen LogP contribution in [-0.4, -0.2) is 24.0 Å². The van der Waals surface area contributed by atoms with Crippen molar-refractivity contribution in [2.75, 3.05) is 7.11 Å². The van der Waals surface area contributed by atoms with E-state index in [1.54, 1.807) is 14.0 Å². The van der Waals surface area contributed by atoms with Gasteiger partial charge < -0.3 is 14.4 Å². The Kier molecular flexibility index (Phi) is 4.00. The predicted octanol–water partition coefficient (Wildman–Crippen LogP) is 3.00. The van der Waals surface area contributed by atoms with Crippen LogP contribution in [-0.2, 0) is 17.9 Å². The molecule has 0 N–H and O–H groups in total. The Balaban J connectivity index is 1.90. The summed E-state index contributed by atoms with van der Waals surface area (Å²) >= 11 is 0. The SMILES string of the molecule is COc1ccccc1CN1Cc2ccccc2OC(C)C1=O. The number of hydrogen-bond acceptors (Lipinski definition) is 3. The fraction of sp³-hybridized carbons (Fsp3) is 0.278. The standard InChI is InChI=1S/C18H19NO3/c1-13-18(20)19(11-14-7-3-5-9-16(14)21-2)12-15-8-4-6-10-17(15)22-13/h3-10,13H,11-12H2,1-2H3. The number of methoxy groups -OCH3 is 1. The van der Waals surface area contributed by atoms with Gasteiger partial charge in [0.2, 0.25) is 0 Å². The lowest BCUT2D eigenvalue weighted by atomic mass is 10.1. The van der Waals surface area contributed by atoms with Crippen molar-refractivity contribution in [1.82, 2.24) is 4.90 Å². The quantitative estimate of drug-likeness (QED) is 0.874. The zero-order valence-corrected chi connectivity index (χ0v) is 12.8. The topological polar surface area (TPSA) is 38.8 Å². The van der Waals surface area contributed by atoms with Crippen molar-refractivity contribution in [2.45, 2.75) is 26.1 Å². The number of hydrogen-bond donors (Lipinski definition) is 0. The van der Waals surface area contributed by atoms with Gasteiger partial charge in [-0.1, -0.05) is 36.4 Å². The third-order valence-electron chi connectivity index (χ3n) is 3.85. The molecule has 0 saturated carbocycles. The summed E-state index contributed by atoms with van der Waals surface area (Å²) in [4.78, 5) is 14.4. The molecule has 0 aromatic heterocycles. The molecule has 114 valence electrons. The van der Waals surface area contributed by atoms with Gasteiger partial charge in [-0.2, -0.15) is 0 Å². The number of carbonyl (C=O) groups is 1. The van der Waals surface area contributed by atoms with Gasteiger partial charge in [-0.05, 0) is 19.1 Å². The maximum Gasteiger partial charge on any atom is 0.263 e. The molecule has 4 nitrogen and oxygen atoms in total. The molecule has 1 atom stereocenters. The van der Waals surface area contributed by atoms with Crippen LogP contribution in [0, 0.1) is 0 Å². The van der Waals surface area contributed by atoms with E-state index in [0.717, 1.165) is 22.6 Å². The molecule has 0 saturated heterocycles. The Bertz CT molecular complexity index is 684. The summed E-state index contributed by atoms with van der Waals surface area (Å²) in [6.45, 7) is 2.84. The molecule has 1 heterocycles. The van der Waals surface area contributed by atoms with Gasteiger partial charge in [0.1, 0.15) is 11.5 Å². The van der Waals surface area contributed by atoms with Crippen LogP contribution in [0.5, 0.6) is 11.5 Å². The van der Waals surface area contributed by atoms with E-state index >= 15 is 0 Å². The summed E-state index contributed by atoms with van der Waals surface area (Å²) in [5, 5.41) is 0. The van der Waals surface area contributed by atoms with E-state index in [1.165, 1.54) is 0 Å². The first-order valence-electron chi connectivity index (χ1n) is 7.34. The average molecular weight is 297 g/mol. The third-order valence-corrected chi connectivity index (χ3v) is 3.85. The number of ether oxygens (including phenoxy) is 2. The van der Waals surface area contributed by atoms with Crippen molar-refractivity contribution in [3.63, 3.8) is 0 Å². The fourth-order valence-electron chi connectivity index (χ4n) is 2.70. The first-order chi connectivity index (χ1) is 10.7. The van der Waals surface area contributed by atoms with Gasteiger partial charge in [0.05, 0.1) is 7.11 Å². The molecule has 4 heteroatoms. The van der Waals surface area contributed by atoms with E-state index in [2.05, 4.69) is 0 Å². The molecule has 0 aliphatic carbocycles. The van der Waals surface area contributed by atoms with Gasteiger partial charge in [0, 0.05) is 24.2 Å². The van der Waals surface area contributed by atoms with E-state index in [1.807, 2.05) is 53.4 Å². The molecule has 2 aromatic carbocycles. The summed E-state index contributed by atoms with van der Waals surface area (Å²) < 4.78 is 11.2. The Hall–Kier alpha value is -2.49. The smallest absolute Gasteiger partial charge is 0.263 e. The van der Waals surface area contributed by atoms with Crippen LogP contribution in [0.2, 0.25) is 0 Å². The molecule has 1 aliphatic heterocycles. The maximum absolute atomic E-state index is 12.6. The fourth-order valence-corrected chi connectivity index (χ4v) is 2.70. The summed E-state index contributed by atoms with van der Waals surface area (Å²) in [5.41, 5.74) is 2.01. The van der Waals surface area contributed by atoms with E-state index < -0.39 is 6.10 Å². The highest BCUT2D eigenvalue weighted by Crippen LogP contribution is 2.27. The zero-order valence-electron chi connectivity index (χ0n) is 12.8. The lowest BCUT2D eigenvalue weighted by Crippen LogP contribution is -2.37. The van der Waals surface area contributed by atoms with Gasteiger partial charge in [-0.25, -0.2) is 0 Å². The summed E-state index contributed by atoms with van der Waals surface area (Å²) in [7, 11) is 1.64. The monoisotopic (exact) mass is 297 g/mol. The molecule has 0 spiro atoms. The van der Waals surface area contributed by atoms with Gasteiger partial charge in [0.15, 0.2) is 6.10 Å². The number of amides is 1. The lowest BCUT2D eigenvalue weighted by molar-refractivity contribution is -0.138. The molecule has 1 unspecified atom stereocenters. The largest absolute Gasteiger partial charge is 0.496 e. The molecule has 1 aliphatic rings. The molecule has 3 rings (SSSR count). The molecular weight excluding hydrogens is 278 g/mol. The molecule has 1 amide bonds. The van der Waals surface area contributed by atoms with Crippen LogP contribution in [0.15, 0.2) is 48.5 Å². The average Bonchev–Trinajstić information content (AvgIpc) is 2.66. The number of para-hydroxylation sites is 2. The van der Waals surface area contributed by atoms with Gasteiger partial charge in [-0.15, -0.1) is 0 Å². The molecular formula is C18H19NO3. The number of benzene rings is 2. The van der Waals surface area contributed by atoms with E-state index in [9.17, 15) is 4.79 Å². The van der Waals surface area contributed by atoms with Crippen LogP contribution in [0.3, 0.4) is 0 Å². The number of carbonyl (C=O) groups excluding carboxylic acids is 1. The predicted molar refractivity (Wildman–Crippen MR) is 83.8 cm³/mol. The molecule has 22 heavy (non-hydrogen) atoms. The van der Waals surface area contributed by atoms with Crippen molar-refractivity contribution in [2.24, 2.45) is 0 Å². The Labute approximate surface area is 130 Å². The van der Waals surface area contributed by atoms with E-state index in [4.69, 9.17) is 9.47 Å². The van der Waals surface area contributed by atoms with Crippen LogP contribution in [0.25, 0.3) is 0 Å². The van der Waals surface area contributed by atoms with Crippen LogP contribution in [0.4, 0.5) is 0 Å². The number of nitrogens with zero attached hydrogens (tertiary/aromatic N) is 1. The second kappa shape index (κ2) is 6.10. The normalized spacial score (nSPS) is 17.5. The minimum absolute atomic E-state index is 0.0119. The first kappa shape index (κ1) is 14.4. The highest BCUT2D eigenvalue weighted by atomic mass is 16.5. The summed E-state index contributed by atoms with van der Waals surface area (Å²) in [5.74, 6) is 1.56. The summed E-state index contributed by atoms with van der Waals surface area (Å²) in [6.07, 6.45) is -0.488. The van der Waals surface area contributed by atoms with Gasteiger partial charge >= 0.3 is 0 Å². The van der Waals surface area contributed by atoms with Crippen molar-refractivity contribution in [3.05, 3.63) is 59.7 Å². The van der Waals surface area contributed by atoms with Crippen molar-refractivity contribution in [1.29, 1.82) is 0 Å². The van der Waals surface area contributed by atoms with Gasteiger partial charge in [-0.3, -0.25) is 4.79 Å². The van der Waals surface area contributed by atoms with Crippen molar-refractivity contribution in [3.8, 4) is 11.5 Å². The second-order valence-electron chi connectivity index (χ2n) is 5.37. The van der Waals surface area contributed by atoms with Crippen LogP contribution >= 0.6 is 0 Å². The Morgan fingerprint density at radius 1 is 1.18 bits per heavy atom. The molecule has 2 aromatic rings. The van der Waals surface area contributed by atoms with E-state index in [-0.39, 0.29) is 5.91 Å². The third kappa shape index (κ3) is 2.77. The Morgan fingerprint density at radius 2 is 1.91 bits per heavy atom. The number of fused-ring (bicyclic) bond motifs is 1. The van der Waals surface area contributed by atoms with Crippen molar-refractivity contribution < 1.29 is 14.3 Å². The molecule has 0 bridgehead atoms. The first-order valence-corrected chi connectivity index (χ1v) is 7.34.